The first kappa shape index (κ1) is 17.4. The molecule has 0 fully saturated rings. The van der Waals surface area contributed by atoms with Crippen molar-refractivity contribution in [3.05, 3.63) is 22.7 Å². The number of ether oxygens (including phenoxy) is 1. The van der Waals surface area contributed by atoms with Gasteiger partial charge in [-0.2, -0.15) is 4.31 Å². The molecule has 0 unspecified atom stereocenters. The molecule has 0 bridgehead atoms. The first-order valence-corrected chi connectivity index (χ1v) is 8.42. The van der Waals surface area contributed by atoms with E-state index in [2.05, 4.69) is 15.9 Å². The fourth-order valence-corrected chi connectivity index (χ4v) is 3.75. The Kier molecular flexibility index (Phi) is 5.60. The molecule has 20 heavy (non-hydrogen) atoms. The van der Waals surface area contributed by atoms with Crippen molar-refractivity contribution in [3.63, 3.8) is 0 Å². The summed E-state index contributed by atoms with van der Waals surface area (Å²) in [4.78, 5) is 0.0838. The lowest BCUT2D eigenvalue weighted by Crippen LogP contribution is -2.39. The average molecular weight is 366 g/mol. The lowest BCUT2D eigenvalue weighted by atomic mass is 10.1. The Morgan fingerprint density at radius 3 is 2.50 bits per heavy atom. The zero-order valence-electron chi connectivity index (χ0n) is 12.1. The van der Waals surface area contributed by atoms with Gasteiger partial charge in [0.2, 0.25) is 10.0 Å². The largest absolute Gasteiger partial charge is 0.492 e. The summed E-state index contributed by atoms with van der Waals surface area (Å²) in [5.74, 6) is 0.304. The van der Waals surface area contributed by atoms with Gasteiger partial charge in [-0.3, -0.25) is 0 Å². The zero-order valence-corrected chi connectivity index (χ0v) is 14.5. The van der Waals surface area contributed by atoms with Crippen molar-refractivity contribution >= 4 is 26.0 Å². The summed E-state index contributed by atoms with van der Waals surface area (Å²) in [6, 6.07) is 4.83. The first-order valence-electron chi connectivity index (χ1n) is 6.19. The highest BCUT2D eigenvalue weighted by Crippen LogP contribution is 2.30. The number of halogens is 1. The summed E-state index contributed by atoms with van der Waals surface area (Å²) in [5, 5.41) is 9.78. The molecule has 0 radical (unpaired) electrons. The van der Waals surface area contributed by atoms with Crippen LogP contribution in [0.4, 0.5) is 0 Å². The summed E-state index contributed by atoms with van der Waals surface area (Å²) < 4.78 is 32.3. The quantitative estimate of drug-likeness (QED) is 0.839. The predicted octanol–water partition coefficient (Wildman–Crippen LogP) is 2.24. The zero-order chi connectivity index (χ0) is 15.6. The molecule has 0 saturated heterocycles. The van der Waals surface area contributed by atoms with Crippen LogP contribution >= 0.6 is 15.9 Å². The number of aliphatic hydroxyl groups is 1. The van der Waals surface area contributed by atoms with Crippen LogP contribution in [0.3, 0.4) is 0 Å². The molecule has 0 aliphatic heterocycles. The molecule has 1 N–H and O–H groups in total. The van der Waals surface area contributed by atoms with E-state index in [0.717, 1.165) is 4.31 Å². The van der Waals surface area contributed by atoms with E-state index in [1.807, 2.05) is 0 Å². The fraction of sp³-hybridized carbons (Fsp3) is 0.538. The third-order valence-corrected chi connectivity index (χ3v) is 4.82. The SMILES string of the molecule is CCOc1ccc(Br)cc1S(=O)(=O)N(C)CC(C)(C)O. The van der Waals surface area contributed by atoms with Gasteiger partial charge < -0.3 is 9.84 Å². The summed E-state index contributed by atoms with van der Waals surface area (Å²) in [7, 11) is -2.29. The Hall–Kier alpha value is -0.630. The highest BCUT2D eigenvalue weighted by Gasteiger charge is 2.29. The molecule has 0 aliphatic rings. The maximum absolute atomic E-state index is 12.6. The number of likely N-dealkylation sites (N-methyl/N-ethyl adjacent to an activating group) is 1. The minimum Gasteiger partial charge on any atom is -0.492 e. The molecule has 7 heteroatoms. The molecular formula is C13H20BrNO4S. The normalized spacial score (nSPS) is 12.8. The smallest absolute Gasteiger partial charge is 0.246 e. The van der Waals surface area contributed by atoms with E-state index < -0.39 is 15.6 Å². The Labute approximate surface area is 128 Å². The number of hydrogen-bond acceptors (Lipinski definition) is 4. The Morgan fingerprint density at radius 1 is 1.40 bits per heavy atom. The summed E-state index contributed by atoms with van der Waals surface area (Å²) in [6.45, 7) is 5.28. The van der Waals surface area contributed by atoms with Gasteiger partial charge in [0, 0.05) is 18.1 Å². The second kappa shape index (κ2) is 6.43. The van der Waals surface area contributed by atoms with Crippen molar-refractivity contribution < 1.29 is 18.3 Å². The third-order valence-electron chi connectivity index (χ3n) is 2.50. The molecule has 0 saturated carbocycles. The average Bonchev–Trinajstić information content (AvgIpc) is 2.29. The molecular weight excluding hydrogens is 346 g/mol. The number of nitrogens with zero attached hydrogens (tertiary/aromatic N) is 1. The number of sulfonamides is 1. The molecule has 5 nitrogen and oxygen atoms in total. The molecule has 0 aliphatic carbocycles. The minimum absolute atomic E-state index is 0.00654. The van der Waals surface area contributed by atoms with Gasteiger partial charge in [-0.1, -0.05) is 15.9 Å². The van der Waals surface area contributed by atoms with Crippen molar-refractivity contribution in [1.82, 2.24) is 4.31 Å². The van der Waals surface area contributed by atoms with Crippen LogP contribution in [0.25, 0.3) is 0 Å². The van der Waals surface area contributed by atoms with E-state index in [9.17, 15) is 13.5 Å². The van der Waals surface area contributed by atoms with Crippen molar-refractivity contribution in [3.8, 4) is 5.75 Å². The molecule has 0 heterocycles. The summed E-state index contributed by atoms with van der Waals surface area (Å²) in [6.07, 6.45) is 0. The van der Waals surface area contributed by atoms with Crippen LogP contribution in [-0.4, -0.2) is 43.6 Å². The van der Waals surface area contributed by atoms with Gasteiger partial charge in [0.1, 0.15) is 10.6 Å². The molecule has 0 atom stereocenters. The van der Waals surface area contributed by atoms with E-state index in [4.69, 9.17) is 4.74 Å². The molecule has 0 spiro atoms. The van der Waals surface area contributed by atoms with Gasteiger partial charge in [0.05, 0.1) is 12.2 Å². The minimum atomic E-state index is -3.73. The van der Waals surface area contributed by atoms with Crippen molar-refractivity contribution in [2.24, 2.45) is 0 Å². The molecule has 1 aromatic carbocycles. The second-order valence-corrected chi connectivity index (χ2v) is 8.03. The maximum Gasteiger partial charge on any atom is 0.246 e. The highest BCUT2D eigenvalue weighted by atomic mass is 79.9. The van der Waals surface area contributed by atoms with Gasteiger partial charge in [-0.05, 0) is 39.0 Å². The number of benzene rings is 1. The molecule has 1 aromatic rings. The first-order chi connectivity index (χ1) is 9.08. The molecule has 0 aromatic heterocycles. The Bertz CT molecular complexity index is 566. The standard InChI is InChI=1S/C13H20BrNO4S/c1-5-19-11-7-6-10(14)8-12(11)20(17,18)15(4)9-13(2,3)16/h6-8,16H,5,9H2,1-4H3. The maximum atomic E-state index is 12.6. The van der Waals surface area contributed by atoms with Crippen LogP contribution in [0.5, 0.6) is 5.75 Å². The van der Waals surface area contributed by atoms with Gasteiger partial charge in [0.25, 0.3) is 0 Å². The van der Waals surface area contributed by atoms with Crippen LogP contribution in [-0.2, 0) is 10.0 Å². The summed E-state index contributed by atoms with van der Waals surface area (Å²) >= 11 is 3.26. The third kappa shape index (κ3) is 4.44. The lowest BCUT2D eigenvalue weighted by Gasteiger charge is -2.25. The van der Waals surface area contributed by atoms with E-state index in [1.165, 1.54) is 13.1 Å². The van der Waals surface area contributed by atoms with Gasteiger partial charge in [0.15, 0.2) is 0 Å². The fourth-order valence-electron chi connectivity index (χ4n) is 1.76. The molecule has 0 amide bonds. The van der Waals surface area contributed by atoms with Crippen molar-refractivity contribution in [2.45, 2.75) is 31.3 Å². The van der Waals surface area contributed by atoms with Crippen LogP contribution in [0.1, 0.15) is 20.8 Å². The van der Waals surface area contributed by atoms with Crippen LogP contribution in [0, 0.1) is 0 Å². The number of hydrogen-bond donors (Lipinski definition) is 1. The topological polar surface area (TPSA) is 66.8 Å². The van der Waals surface area contributed by atoms with Gasteiger partial charge in [-0.15, -0.1) is 0 Å². The van der Waals surface area contributed by atoms with Crippen molar-refractivity contribution in [2.75, 3.05) is 20.2 Å². The Morgan fingerprint density at radius 2 is 2.00 bits per heavy atom. The van der Waals surface area contributed by atoms with Crippen LogP contribution in [0.2, 0.25) is 0 Å². The summed E-state index contributed by atoms with van der Waals surface area (Å²) in [5.41, 5.74) is -1.11. The van der Waals surface area contributed by atoms with Crippen molar-refractivity contribution in [1.29, 1.82) is 0 Å². The van der Waals surface area contributed by atoms with E-state index in [1.54, 1.807) is 32.9 Å². The van der Waals surface area contributed by atoms with Crippen LogP contribution in [0.15, 0.2) is 27.6 Å². The Balaban J connectivity index is 3.23. The van der Waals surface area contributed by atoms with E-state index in [-0.39, 0.29) is 11.4 Å². The number of rotatable bonds is 6. The lowest BCUT2D eigenvalue weighted by molar-refractivity contribution is 0.0639. The van der Waals surface area contributed by atoms with Gasteiger partial charge in [-0.25, -0.2) is 8.42 Å². The van der Waals surface area contributed by atoms with E-state index in [0.29, 0.717) is 16.8 Å². The van der Waals surface area contributed by atoms with Crippen LogP contribution < -0.4 is 4.74 Å². The monoisotopic (exact) mass is 365 g/mol. The molecule has 1 rings (SSSR count). The highest BCUT2D eigenvalue weighted by molar-refractivity contribution is 9.10. The molecule has 114 valence electrons. The predicted molar refractivity (Wildman–Crippen MR) is 81.4 cm³/mol. The van der Waals surface area contributed by atoms with E-state index >= 15 is 0 Å². The second-order valence-electron chi connectivity index (χ2n) is 5.10. The van der Waals surface area contributed by atoms with Gasteiger partial charge >= 0.3 is 0 Å².